The van der Waals surface area contributed by atoms with Crippen molar-refractivity contribution in [2.75, 3.05) is 33.5 Å². The highest BCUT2D eigenvalue weighted by Gasteiger charge is 2.48. The van der Waals surface area contributed by atoms with Crippen LogP contribution in [0.25, 0.3) is 0 Å². The van der Waals surface area contributed by atoms with Crippen molar-refractivity contribution in [3.8, 4) is 0 Å². The lowest BCUT2D eigenvalue weighted by Gasteiger charge is -2.46. The van der Waals surface area contributed by atoms with Gasteiger partial charge in [-0.1, -0.05) is 40.0 Å². The zero-order valence-corrected chi connectivity index (χ0v) is 18.4. The molecule has 0 aliphatic carbocycles. The highest BCUT2D eigenvalue weighted by atomic mass is 16.7. The van der Waals surface area contributed by atoms with E-state index in [-0.39, 0.29) is 24.2 Å². The van der Waals surface area contributed by atoms with E-state index in [0.717, 1.165) is 38.5 Å². The fourth-order valence-electron chi connectivity index (χ4n) is 3.20. The Morgan fingerprint density at radius 3 is 2.04 bits per heavy atom. The second-order valence-corrected chi connectivity index (χ2v) is 7.31. The topological polar surface area (TPSA) is 75.2 Å². The van der Waals surface area contributed by atoms with Gasteiger partial charge in [0, 0.05) is 33.9 Å². The molecule has 0 aromatic heterocycles. The molecule has 0 bridgehead atoms. The maximum atomic E-state index is 11.8. The molecule has 1 heterocycles. The number of nitrogens with one attached hydrogen (secondary N) is 1. The second-order valence-electron chi connectivity index (χ2n) is 7.31. The molecule has 0 aromatic rings. The Kier molecular flexibility index (Phi) is 13.7. The zero-order chi connectivity index (χ0) is 20.8. The van der Waals surface area contributed by atoms with Crippen LogP contribution in [0.4, 0.5) is 0 Å². The molecule has 166 valence electrons. The third-order valence-corrected chi connectivity index (χ3v) is 4.79. The first-order valence-electron chi connectivity index (χ1n) is 10.8. The number of carbonyl (C=O) groups is 1. The molecule has 5 atom stereocenters. The SMILES string of the molecule is CCCCOC[C@H]1O[C@@H](OC)[C@H](NC(C)=O)[C@@H](OCCCC)[C@H]1OCCCC. The minimum Gasteiger partial charge on any atom is -0.379 e. The Morgan fingerprint density at radius 2 is 1.50 bits per heavy atom. The summed E-state index contributed by atoms with van der Waals surface area (Å²) in [6, 6.07) is -0.433. The summed E-state index contributed by atoms with van der Waals surface area (Å²) in [5.74, 6) is -0.148. The van der Waals surface area contributed by atoms with E-state index in [4.69, 9.17) is 23.7 Å². The van der Waals surface area contributed by atoms with Crippen LogP contribution in [0, 0.1) is 0 Å². The third kappa shape index (κ3) is 8.74. The minimum absolute atomic E-state index is 0.148. The standard InChI is InChI=1S/C21H41NO6/c1-6-9-12-25-15-17-19(26-13-10-7-2)20(27-14-11-8-3)18(22-16(4)23)21(24-5)28-17/h17-21H,6-15H2,1-5H3,(H,22,23)/t17-,18-,19+,20-,21-/m1/s1. The molecule has 0 saturated carbocycles. The van der Waals surface area contributed by atoms with Crippen LogP contribution in [0.5, 0.6) is 0 Å². The van der Waals surface area contributed by atoms with Crippen molar-refractivity contribution in [2.45, 2.75) is 96.9 Å². The fraction of sp³-hybridized carbons (Fsp3) is 0.952. The molecule has 1 fully saturated rings. The molecule has 0 unspecified atom stereocenters. The van der Waals surface area contributed by atoms with Crippen LogP contribution in [0.2, 0.25) is 0 Å². The van der Waals surface area contributed by atoms with Gasteiger partial charge in [0.05, 0.1) is 6.61 Å². The number of methoxy groups -OCH3 is 1. The molecule has 1 saturated heterocycles. The van der Waals surface area contributed by atoms with Crippen LogP contribution < -0.4 is 5.32 Å². The third-order valence-electron chi connectivity index (χ3n) is 4.79. The molecule has 1 N–H and O–H groups in total. The van der Waals surface area contributed by atoms with Gasteiger partial charge in [-0.15, -0.1) is 0 Å². The van der Waals surface area contributed by atoms with Gasteiger partial charge in [0.25, 0.3) is 0 Å². The van der Waals surface area contributed by atoms with Crippen LogP contribution in [-0.2, 0) is 28.5 Å². The number of ether oxygens (including phenoxy) is 5. The van der Waals surface area contributed by atoms with E-state index < -0.39 is 12.3 Å². The largest absolute Gasteiger partial charge is 0.379 e. The van der Waals surface area contributed by atoms with Crippen LogP contribution in [0.1, 0.15) is 66.2 Å². The summed E-state index contributed by atoms with van der Waals surface area (Å²) in [5.41, 5.74) is 0. The molecule has 0 spiro atoms. The maximum Gasteiger partial charge on any atom is 0.217 e. The number of rotatable bonds is 15. The number of hydrogen-bond donors (Lipinski definition) is 1. The Balaban J connectivity index is 2.97. The van der Waals surface area contributed by atoms with Crippen LogP contribution in [0.3, 0.4) is 0 Å². The summed E-state index contributed by atoms with van der Waals surface area (Å²) in [6.07, 6.45) is 4.47. The van der Waals surface area contributed by atoms with E-state index in [2.05, 4.69) is 26.1 Å². The normalized spacial score (nSPS) is 27.7. The van der Waals surface area contributed by atoms with Crippen molar-refractivity contribution in [1.82, 2.24) is 5.32 Å². The molecule has 7 heteroatoms. The van der Waals surface area contributed by atoms with Crippen LogP contribution in [-0.4, -0.2) is 70.1 Å². The lowest BCUT2D eigenvalue weighted by molar-refractivity contribution is -0.280. The Bertz CT molecular complexity index is 408. The highest BCUT2D eigenvalue weighted by molar-refractivity contribution is 5.73. The minimum atomic E-state index is -0.610. The Labute approximate surface area is 170 Å². The summed E-state index contributed by atoms with van der Waals surface area (Å²) in [6.45, 7) is 10.2. The van der Waals surface area contributed by atoms with Crippen molar-refractivity contribution in [3.05, 3.63) is 0 Å². The van der Waals surface area contributed by atoms with E-state index in [1.165, 1.54) is 6.92 Å². The predicted molar refractivity (Wildman–Crippen MR) is 108 cm³/mol. The molecule has 28 heavy (non-hydrogen) atoms. The first-order chi connectivity index (χ1) is 13.6. The summed E-state index contributed by atoms with van der Waals surface area (Å²) in [5, 5.41) is 2.94. The summed E-state index contributed by atoms with van der Waals surface area (Å²) >= 11 is 0. The molecule has 1 rings (SSSR count). The fourth-order valence-corrected chi connectivity index (χ4v) is 3.20. The number of hydrogen-bond acceptors (Lipinski definition) is 6. The van der Waals surface area contributed by atoms with Crippen molar-refractivity contribution in [3.63, 3.8) is 0 Å². The van der Waals surface area contributed by atoms with Gasteiger partial charge < -0.3 is 29.0 Å². The van der Waals surface area contributed by atoms with Gasteiger partial charge in [0.2, 0.25) is 5.91 Å². The lowest BCUT2D eigenvalue weighted by Crippen LogP contribution is -2.66. The smallest absolute Gasteiger partial charge is 0.217 e. The molecule has 0 radical (unpaired) electrons. The lowest BCUT2D eigenvalue weighted by atomic mass is 9.96. The van der Waals surface area contributed by atoms with E-state index in [9.17, 15) is 4.79 Å². The molecule has 0 aromatic carbocycles. The van der Waals surface area contributed by atoms with Crippen molar-refractivity contribution in [2.24, 2.45) is 0 Å². The summed E-state index contributed by atoms with van der Waals surface area (Å²) in [4.78, 5) is 11.8. The first-order valence-corrected chi connectivity index (χ1v) is 10.8. The molecule has 1 aliphatic rings. The molecule has 7 nitrogen and oxygen atoms in total. The maximum absolute atomic E-state index is 11.8. The first kappa shape index (κ1) is 25.3. The highest BCUT2D eigenvalue weighted by Crippen LogP contribution is 2.27. The van der Waals surface area contributed by atoms with E-state index >= 15 is 0 Å². The molecule has 1 amide bonds. The zero-order valence-electron chi connectivity index (χ0n) is 18.4. The summed E-state index contributed by atoms with van der Waals surface area (Å²) in [7, 11) is 1.58. The summed E-state index contributed by atoms with van der Waals surface area (Å²) < 4.78 is 29.9. The number of amides is 1. The van der Waals surface area contributed by atoms with Gasteiger partial charge in [0.1, 0.15) is 24.4 Å². The van der Waals surface area contributed by atoms with E-state index in [1.807, 2.05) is 0 Å². The Hall–Kier alpha value is -0.730. The number of carbonyl (C=O) groups excluding carboxylic acids is 1. The monoisotopic (exact) mass is 403 g/mol. The van der Waals surface area contributed by atoms with Gasteiger partial charge in [-0.2, -0.15) is 0 Å². The van der Waals surface area contributed by atoms with Crippen LogP contribution >= 0.6 is 0 Å². The van der Waals surface area contributed by atoms with Gasteiger partial charge >= 0.3 is 0 Å². The quantitative estimate of drug-likeness (QED) is 0.424. The average molecular weight is 404 g/mol. The van der Waals surface area contributed by atoms with Gasteiger partial charge in [-0.25, -0.2) is 0 Å². The van der Waals surface area contributed by atoms with Crippen molar-refractivity contribution < 1.29 is 28.5 Å². The van der Waals surface area contributed by atoms with Crippen molar-refractivity contribution >= 4 is 5.91 Å². The van der Waals surface area contributed by atoms with Gasteiger partial charge in [0.15, 0.2) is 6.29 Å². The van der Waals surface area contributed by atoms with E-state index in [0.29, 0.717) is 26.4 Å². The van der Waals surface area contributed by atoms with Crippen molar-refractivity contribution in [1.29, 1.82) is 0 Å². The molecule has 1 aliphatic heterocycles. The van der Waals surface area contributed by atoms with E-state index in [1.54, 1.807) is 7.11 Å². The molecular formula is C21H41NO6. The van der Waals surface area contributed by atoms with Crippen LogP contribution in [0.15, 0.2) is 0 Å². The second kappa shape index (κ2) is 15.2. The van der Waals surface area contributed by atoms with Gasteiger partial charge in [-0.3, -0.25) is 4.79 Å². The number of unbranched alkanes of at least 4 members (excludes halogenated alkanes) is 3. The molecular weight excluding hydrogens is 362 g/mol. The van der Waals surface area contributed by atoms with Gasteiger partial charge in [-0.05, 0) is 19.3 Å². The average Bonchev–Trinajstić information content (AvgIpc) is 2.67. The Morgan fingerprint density at radius 1 is 0.929 bits per heavy atom. The predicted octanol–water partition coefficient (Wildman–Crippen LogP) is 3.05.